The molecule has 1 aliphatic rings. The maximum atomic E-state index is 14.2. The topological polar surface area (TPSA) is 64.4 Å². The van der Waals surface area contributed by atoms with Gasteiger partial charge in [0, 0.05) is 6.61 Å². The first kappa shape index (κ1) is 16.9. The second-order valence-electron chi connectivity index (χ2n) is 5.87. The summed E-state index contributed by atoms with van der Waals surface area (Å²) in [6.07, 6.45) is 1.86. The lowest BCUT2D eigenvalue weighted by Crippen LogP contribution is -2.41. The summed E-state index contributed by atoms with van der Waals surface area (Å²) >= 11 is 6.09. The second-order valence-corrected chi connectivity index (χ2v) is 6.28. The number of hydrogen-bond donors (Lipinski definition) is 1. The zero-order valence-corrected chi connectivity index (χ0v) is 14.2. The molecule has 1 saturated heterocycles. The molecule has 1 fully saturated rings. The summed E-state index contributed by atoms with van der Waals surface area (Å²) in [5.41, 5.74) is 0.352. The summed E-state index contributed by atoms with van der Waals surface area (Å²) < 4.78 is 24.9. The average Bonchev–Trinajstić information content (AvgIpc) is 3.17. The molecule has 0 aliphatic carbocycles. The number of nitrogens with zero attached hydrogens (tertiary/aromatic N) is 1. The van der Waals surface area contributed by atoms with Crippen LogP contribution in [-0.2, 0) is 4.74 Å². The molecule has 1 N–H and O–H groups in total. The number of amides is 1. The van der Waals surface area contributed by atoms with E-state index in [4.69, 9.17) is 20.9 Å². The molecule has 1 aliphatic heterocycles. The van der Waals surface area contributed by atoms with Gasteiger partial charge in [-0.25, -0.2) is 4.39 Å². The van der Waals surface area contributed by atoms with Crippen molar-refractivity contribution in [1.29, 1.82) is 0 Å². The molecule has 2 heterocycles. The number of carbonyl (C=O) groups is 1. The summed E-state index contributed by atoms with van der Waals surface area (Å²) in [5.74, 6) is -0.635. The molecule has 2 aromatic rings. The van der Waals surface area contributed by atoms with Crippen LogP contribution in [0.2, 0.25) is 5.02 Å². The average molecular weight is 353 g/mol. The van der Waals surface area contributed by atoms with E-state index >= 15 is 0 Å². The number of hydrogen-bond acceptors (Lipinski definition) is 4. The molecule has 24 heavy (non-hydrogen) atoms. The normalized spacial score (nSPS) is 18.6. The van der Waals surface area contributed by atoms with Crippen molar-refractivity contribution < 1.29 is 18.4 Å². The highest BCUT2D eigenvalue weighted by Crippen LogP contribution is 2.33. The molecule has 1 aromatic carbocycles. The number of halogens is 2. The van der Waals surface area contributed by atoms with Gasteiger partial charge < -0.3 is 14.6 Å². The molecule has 3 rings (SSSR count). The lowest BCUT2D eigenvalue weighted by molar-refractivity contribution is 0.0712. The fourth-order valence-electron chi connectivity index (χ4n) is 2.90. The van der Waals surface area contributed by atoms with E-state index in [1.165, 1.54) is 12.1 Å². The highest BCUT2D eigenvalue weighted by atomic mass is 35.5. The fraction of sp³-hybridized carbons (Fsp3) is 0.412. The number of carbonyl (C=O) groups excluding carboxylic acids is 1. The van der Waals surface area contributed by atoms with Gasteiger partial charge in [-0.15, -0.1) is 0 Å². The second kappa shape index (κ2) is 6.91. The Labute approximate surface area is 144 Å². The van der Waals surface area contributed by atoms with E-state index in [-0.39, 0.29) is 39.9 Å². The van der Waals surface area contributed by atoms with Gasteiger partial charge in [0.1, 0.15) is 22.8 Å². The minimum atomic E-state index is -0.558. The smallest absolute Gasteiger partial charge is 0.257 e. The lowest BCUT2D eigenvalue weighted by Gasteiger charge is -2.20. The Kier molecular flexibility index (Phi) is 4.87. The van der Waals surface area contributed by atoms with E-state index < -0.39 is 5.82 Å². The number of benzene rings is 1. The van der Waals surface area contributed by atoms with E-state index in [9.17, 15) is 9.18 Å². The highest BCUT2D eigenvalue weighted by Gasteiger charge is 2.29. The third-order valence-corrected chi connectivity index (χ3v) is 4.49. The standard InChI is InChI=1S/C17H18ClFN2O3/c1-9(13-7-4-8-23-13)20-17(22)14-10(2)24-21-16(14)15-11(18)5-3-6-12(15)19/h3,5-6,9,13H,4,7-8H2,1-2H3,(H,20,22)/t9-,13+/m1/s1. The minimum Gasteiger partial charge on any atom is -0.376 e. The molecule has 0 saturated carbocycles. The van der Waals surface area contributed by atoms with Crippen molar-refractivity contribution in [3.63, 3.8) is 0 Å². The van der Waals surface area contributed by atoms with Gasteiger partial charge in [-0.05, 0) is 38.8 Å². The van der Waals surface area contributed by atoms with Crippen LogP contribution in [0.4, 0.5) is 4.39 Å². The van der Waals surface area contributed by atoms with Crippen molar-refractivity contribution >= 4 is 17.5 Å². The van der Waals surface area contributed by atoms with Gasteiger partial charge >= 0.3 is 0 Å². The number of aryl methyl sites for hydroxylation is 1. The van der Waals surface area contributed by atoms with Crippen LogP contribution >= 0.6 is 11.6 Å². The molecule has 1 aromatic heterocycles. The van der Waals surface area contributed by atoms with E-state index in [1.54, 1.807) is 13.0 Å². The Balaban J connectivity index is 1.91. The van der Waals surface area contributed by atoms with Crippen LogP contribution in [0.25, 0.3) is 11.3 Å². The van der Waals surface area contributed by atoms with E-state index in [0.717, 1.165) is 12.8 Å². The van der Waals surface area contributed by atoms with Crippen molar-refractivity contribution in [3.8, 4) is 11.3 Å². The zero-order valence-electron chi connectivity index (χ0n) is 13.4. The molecule has 5 nitrogen and oxygen atoms in total. The summed E-state index contributed by atoms with van der Waals surface area (Å²) in [6, 6.07) is 4.13. The van der Waals surface area contributed by atoms with Crippen molar-refractivity contribution in [2.45, 2.75) is 38.8 Å². The van der Waals surface area contributed by atoms with Gasteiger partial charge in [0.15, 0.2) is 0 Å². The van der Waals surface area contributed by atoms with Crippen molar-refractivity contribution in [1.82, 2.24) is 10.5 Å². The minimum absolute atomic E-state index is 0.0189. The van der Waals surface area contributed by atoms with E-state index in [0.29, 0.717) is 12.4 Å². The maximum Gasteiger partial charge on any atom is 0.257 e. The third kappa shape index (κ3) is 3.16. The van der Waals surface area contributed by atoms with Crippen LogP contribution in [0.15, 0.2) is 22.7 Å². The Morgan fingerprint density at radius 2 is 2.29 bits per heavy atom. The van der Waals surface area contributed by atoms with Crippen molar-refractivity contribution in [2.24, 2.45) is 0 Å². The van der Waals surface area contributed by atoms with Gasteiger partial charge in [-0.1, -0.05) is 22.8 Å². The number of aromatic nitrogens is 1. The van der Waals surface area contributed by atoms with Crippen molar-refractivity contribution in [3.05, 3.63) is 40.4 Å². The van der Waals surface area contributed by atoms with Crippen molar-refractivity contribution in [2.75, 3.05) is 6.61 Å². The third-order valence-electron chi connectivity index (χ3n) is 4.17. The Morgan fingerprint density at radius 1 is 1.50 bits per heavy atom. The van der Waals surface area contributed by atoms with Gasteiger partial charge in [0.25, 0.3) is 5.91 Å². The van der Waals surface area contributed by atoms with Crippen LogP contribution in [0, 0.1) is 12.7 Å². The Bertz CT molecular complexity index is 736. The van der Waals surface area contributed by atoms with Crippen LogP contribution in [0.5, 0.6) is 0 Å². The highest BCUT2D eigenvalue weighted by molar-refractivity contribution is 6.33. The quantitative estimate of drug-likeness (QED) is 0.910. The monoisotopic (exact) mass is 352 g/mol. The summed E-state index contributed by atoms with van der Waals surface area (Å²) in [6.45, 7) is 4.19. The SMILES string of the molecule is Cc1onc(-c2c(F)cccc2Cl)c1C(=O)N[C@H](C)[C@@H]1CCCO1. The molecule has 0 radical (unpaired) electrons. The van der Waals surface area contributed by atoms with Crippen LogP contribution in [0.1, 0.15) is 35.9 Å². The van der Waals surface area contributed by atoms with E-state index in [2.05, 4.69) is 10.5 Å². The molecule has 2 atom stereocenters. The molecule has 1 amide bonds. The largest absolute Gasteiger partial charge is 0.376 e. The summed E-state index contributed by atoms with van der Waals surface area (Å²) in [5, 5.41) is 6.90. The van der Waals surface area contributed by atoms with Crippen LogP contribution < -0.4 is 5.32 Å². The molecular weight excluding hydrogens is 335 g/mol. The predicted octanol–water partition coefficient (Wildman–Crippen LogP) is 3.74. The lowest BCUT2D eigenvalue weighted by atomic mass is 10.0. The van der Waals surface area contributed by atoms with E-state index in [1.807, 2.05) is 6.92 Å². The van der Waals surface area contributed by atoms with Gasteiger partial charge in [-0.3, -0.25) is 4.79 Å². The molecule has 128 valence electrons. The first-order chi connectivity index (χ1) is 11.5. The predicted molar refractivity (Wildman–Crippen MR) is 87.5 cm³/mol. The summed E-state index contributed by atoms with van der Waals surface area (Å²) in [4.78, 5) is 12.7. The van der Waals surface area contributed by atoms with Gasteiger partial charge in [0.05, 0.1) is 22.7 Å². The fourth-order valence-corrected chi connectivity index (χ4v) is 3.16. The van der Waals surface area contributed by atoms with Gasteiger partial charge in [-0.2, -0.15) is 0 Å². The summed E-state index contributed by atoms with van der Waals surface area (Å²) in [7, 11) is 0. The molecule has 7 heteroatoms. The first-order valence-electron chi connectivity index (χ1n) is 7.82. The molecule has 0 spiro atoms. The molecular formula is C17H18ClFN2O3. The molecule has 0 bridgehead atoms. The Hall–Kier alpha value is -1.92. The number of rotatable bonds is 4. The first-order valence-corrected chi connectivity index (χ1v) is 8.20. The van der Waals surface area contributed by atoms with Crippen LogP contribution in [-0.4, -0.2) is 29.8 Å². The Morgan fingerprint density at radius 3 is 2.96 bits per heavy atom. The maximum absolute atomic E-state index is 14.2. The zero-order chi connectivity index (χ0) is 17.3. The number of ether oxygens (including phenoxy) is 1. The number of nitrogens with one attached hydrogen (secondary N) is 1. The van der Waals surface area contributed by atoms with Gasteiger partial charge in [0.2, 0.25) is 0 Å². The molecule has 0 unspecified atom stereocenters. The van der Waals surface area contributed by atoms with Crippen LogP contribution in [0.3, 0.4) is 0 Å².